The van der Waals surface area contributed by atoms with Crippen molar-refractivity contribution in [3.8, 4) is 18.4 Å². The molecule has 1 aromatic heterocycles. The lowest BCUT2D eigenvalue weighted by Gasteiger charge is -2.37. The average molecular weight is 494 g/mol. The van der Waals surface area contributed by atoms with E-state index < -0.39 is 44.1 Å². The minimum Gasteiger partial charge on any atom is -0.343 e. The van der Waals surface area contributed by atoms with E-state index in [2.05, 4.69) is 16.2 Å². The Morgan fingerprint density at radius 2 is 2.09 bits per heavy atom. The second kappa shape index (κ2) is 12.8. The van der Waals surface area contributed by atoms with Gasteiger partial charge in [-0.3, -0.25) is 19.1 Å². The van der Waals surface area contributed by atoms with Gasteiger partial charge >= 0.3 is 5.69 Å². The molecule has 1 fully saturated rings. The van der Waals surface area contributed by atoms with Gasteiger partial charge in [0.1, 0.15) is 12.3 Å². The number of H-pyrrole nitrogens is 1. The van der Waals surface area contributed by atoms with Crippen LogP contribution in [0.2, 0.25) is 0 Å². The predicted octanol–water partition coefficient (Wildman–Crippen LogP) is 1.54. The minimum absolute atomic E-state index is 0.00530. The SMILES string of the molecule is C#CCNC(=O)[C@H]1O[C@@H](n2cc(C)c(=O)[nH]c2=O)CC1OP(OCCC#N)N(C(C)C)C(C)C. The number of nitrogens with zero attached hydrogens (tertiary/aromatic N) is 3. The lowest BCUT2D eigenvalue weighted by atomic mass is 10.1. The highest BCUT2D eigenvalue weighted by Gasteiger charge is 2.44. The molecule has 1 saturated heterocycles. The smallest absolute Gasteiger partial charge is 0.330 e. The van der Waals surface area contributed by atoms with Gasteiger partial charge in [-0.15, -0.1) is 6.42 Å². The van der Waals surface area contributed by atoms with Gasteiger partial charge in [0.05, 0.1) is 25.6 Å². The molecule has 2 heterocycles. The van der Waals surface area contributed by atoms with E-state index in [4.69, 9.17) is 25.5 Å². The maximum absolute atomic E-state index is 12.8. The summed E-state index contributed by atoms with van der Waals surface area (Å²) in [5.41, 5.74) is -0.814. The van der Waals surface area contributed by atoms with Crippen LogP contribution in [0.1, 0.15) is 52.3 Å². The molecule has 0 radical (unpaired) electrons. The second-order valence-corrected chi connectivity index (χ2v) is 9.74. The number of hydrogen-bond acceptors (Lipinski definition) is 8. The Hall–Kier alpha value is -2.53. The molecule has 1 aromatic rings. The van der Waals surface area contributed by atoms with E-state index in [0.717, 1.165) is 0 Å². The maximum atomic E-state index is 12.8. The summed E-state index contributed by atoms with van der Waals surface area (Å²) in [7, 11) is -1.66. The zero-order chi connectivity index (χ0) is 25.4. The number of nitriles is 1. The highest BCUT2D eigenvalue weighted by Crippen LogP contribution is 2.49. The number of rotatable bonds is 11. The number of carbonyl (C=O) groups excluding carboxylic acids is 1. The molecule has 186 valence electrons. The largest absolute Gasteiger partial charge is 0.343 e. The Labute approximate surface area is 200 Å². The molecule has 12 heteroatoms. The molecule has 1 aliphatic heterocycles. The quantitative estimate of drug-likeness (QED) is 0.269. The van der Waals surface area contributed by atoms with Gasteiger partial charge < -0.3 is 19.1 Å². The number of carbonyl (C=O) groups is 1. The van der Waals surface area contributed by atoms with Gasteiger partial charge in [0.15, 0.2) is 6.10 Å². The minimum atomic E-state index is -1.66. The van der Waals surface area contributed by atoms with E-state index in [1.165, 1.54) is 10.8 Å². The molecule has 1 amide bonds. The van der Waals surface area contributed by atoms with E-state index in [0.29, 0.717) is 5.56 Å². The third-order valence-electron chi connectivity index (χ3n) is 5.04. The standard InChI is InChI=1S/C22H32N5O6P/c1-7-10-24-21(29)19-17(12-18(32-19)26-13-16(6)20(28)25-22(26)30)33-34(31-11-8-9-23)27(14(2)3)15(4)5/h1,13-15,17-19H,8,10-12H2,2-6H3,(H,24,29)(H,25,28,30)/t17?,18-,19+,34?/m1/s1. The summed E-state index contributed by atoms with van der Waals surface area (Å²) in [4.78, 5) is 39.3. The lowest BCUT2D eigenvalue weighted by Crippen LogP contribution is -2.42. The van der Waals surface area contributed by atoms with Crippen molar-refractivity contribution in [3.63, 3.8) is 0 Å². The first-order valence-electron chi connectivity index (χ1n) is 11.0. The summed E-state index contributed by atoms with van der Waals surface area (Å²) in [5.74, 6) is 1.86. The number of ether oxygens (including phenoxy) is 1. The van der Waals surface area contributed by atoms with Crippen LogP contribution in [0.3, 0.4) is 0 Å². The van der Waals surface area contributed by atoms with Crippen LogP contribution < -0.4 is 16.6 Å². The number of amides is 1. The molecular formula is C22H32N5O6P. The maximum Gasteiger partial charge on any atom is 0.330 e. The normalized spacial score (nSPS) is 20.9. The Bertz CT molecular complexity index is 1030. The van der Waals surface area contributed by atoms with Crippen molar-refractivity contribution < 1.29 is 18.6 Å². The molecule has 2 unspecified atom stereocenters. The van der Waals surface area contributed by atoms with Crippen LogP contribution in [0.4, 0.5) is 0 Å². The molecule has 34 heavy (non-hydrogen) atoms. The van der Waals surface area contributed by atoms with Gasteiger partial charge in [0, 0.05) is 30.3 Å². The topological polar surface area (TPSA) is 139 Å². The monoisotopic (exact) mass is 493 g/mol. The fraction of sp³-hybridized carbons (Fsp3) is 0.636. The van der Waals surface area contributed by atoms with E-state index in [1.807, 2.05) is 38.4 Å². The number of terminal acetylenes is 1. The summed E-state index contributed by atoms with van der Waals surface area (Å²) in [5, 5.41) is 11.5. The fourth-order valence-corrected chi connectivity index (χ4v) is 5.32. The van der Waals surface area contributed by atoms with Crippen molar-refractivity contribution in [2.24, 2.45) is 0 Å². The number of aryl methyl sites for hydroxylation is 1. The molecule has 0 saturated carbocycles. The Morgan fingerprint density at radius 3 is 2.68 bits per heavy atom. The van der Waals surface area contributed by atoms with Gasteiger partial charge in [-0.1, -0.05) is 5.92 Å². The Kier molecular flexibility index (Phi) is 10.4. The number of aromatic nitrogens is 2. The zero-order valence-electron chi connectivity index (χ0n) is 20.1. The summed E-state index contributed by atoms with van der Waals surface area (Å²) in [6.07, 6.45) is 4.32. The highest BCUT2D eigenvalue weighted by atomic mass is 31.2. The highest BCUT2D eigenvalue weighted by molar-refractivity contribution is 7.44. The molecule has 4 atom stereocenters. The van der Waals surface area contributed by atoms with Crippen LogP contribution in [0.15, 0.2) is 15.8 Å². The molecule has 0 aliphatic carbocycles. The zero-order valence-corrected chi connectivity index (χ0v) is 21.0. The van der Waals surface area contributed by atoms with Gasteiger partial charge in [-0.2, -0.15) is 5.26 Å². The summed E-state index contributed by atoms with van der Waals surface area (Å²) in [6.45, 7) is 9.74. The van der Waals surface area contributed by atoms with Crippen LogP contribution >= 0.6 is 8.53 Å². The van der Waals surface area contributed by atoms with Crippen LogP contribution in [0.5, 0.6) is 0 Å². The van der Waals surface area contributed by atoms with Crippen molar-refractivity contribution in [1.82, 2.24) is 19.5 Å². The van der Waals surface area contributed by atoms with Crippen molar-refractivity contribution in [1.29, 1.82) is 5.26 Å². The lowest BCUT2D eigenvalue weighted by molar-refractivity contribution is -0.137. The van der Waals surface area contributed by atoms with Crippen LogP contribution in [0, 0.1) is 30.6 Å². The number of aromatic amines is 1. The van der Waals surface area contributed by atoms with Crippen molar-refractivity contribution in [2.75, 3.05) is 13.2 Å². The number of nitrogens with one attached hydrogen (secondary N) is 2. The van der Waals surface area contributed by atoms with E-state index in [1.54, 1.807) is 6.92 Å². The van der Waals surface area contributed by atoms with E-state index in [-0.39, 0.29) is 38.1 Å². The third kappa shape index (κ3) is 6.99. The second-order valence-electron chi connectivity index (χ2n) is 8.34. The Morgan fingerprint density at radius 1 is 1.41 bits per heavy atom. The summed E-state index contributed by atoms with van der Waals surface area (Å²) in [6, 6.07) is 2.16. The van der Waals surface area contributed by atoms with Crippen molar-refractivity contribution in [3.05, 3.63) is 32.6 Å². The van der Waals surface area contributed by atoms with Crippen molar-refractivity contribution >= 4 is 14.4 Å². The third-order valence-corrected chi connectivity index (χ3v) is 7.20. The van der Waals surface area contributed by atoms with Gasteiger partial charge in [-0.25, -0.2) is 9.46 Å². The summed E-state index contributed by atoms with van der Waals surface area (Å²) >= 11 is 0. The van der Waals surface area contributed by atoms with E-state index >= 15 is 0 Å². The fourth-order valence-electron chi connectivity index (χ4n) is 3.59. The molecule has 11 nitrogen and oxygen atoms in total. The van der Waals surface area contributed by atoms with Gasteiger partial charge in [-0.05, 0) is 34.6 Å². The van der Waals surface area contributed by atoms with Gasteiger partial charge in [0.2, 0.25) is 0 Å². The number of hydrogen-bond donors (Lipinski definition) is 2. The molecule has 0 bridgehead atoms. The first-order chi connectivity index (χ1) is 16.1. The molecule has 2 N–H and O–H groups in total. The van der Waals surface area contributed by atoms with Crippen LogP contribution in [-0.4, -0.2) is 57.6 Å². The van der Waals surface area contributed by atoms with Crippen LogP contribution in [-0.2, 0) is 18.6 Å². The average Bonchev–Trinajstić information content (AvgIpc) is 3.17. The first kappa shape index (κ1) is 27.7. The molecule has 2 rings (SSSR count). The van der Waals surface area contributed by atoms with E-state index in [9.17, 15) is 14.4 Å². The van der Waals surface area contributed by atoms with Gasteiger partial charge in [0.25, 0.3) is 20.0 Å². The first-order valence-corrected chi connectivity index (χ1v) is 12.2. The summed E-state index contributed by atoms with van der Waals surface area (Å²) < 4.78 is 21.5. The van der Waals surface area contributed by atoms with Crippen LogP contribution in [0.25, 0.3) is 0 Å². The van der Waals surface area contributed by atoms with Crippen molar-refractivity contribution in [2.45, 2.75) is 78.0 Å². The predicted molar refractivity (Wildman–Crippen MR) is 127 cm³/mol. The molecule has 0 spiro atoms. The molecular weight excluding hydrogens is 461 g/mol. The molecule has 0 aromatic carbocycles. The Balaban J connectivity index is 2.37. The molecule has 1 aliphatic rings.